The minimum atomic E-state index is -4.60. The fourth-order valence-electron chi connectivity index (χ4n) is 3.36. The molecule has 0 amide bonds. The molecule has 0 saturated carbocycles. The van der Waals surface area contributed by atoms with E-state index < -0.39 is 35.2 Å². The Labute approximate surface area is 167 Å². The van der Waals surface area contributed by atoms with Crippen molar-refractivity contribution in [3.8, 4) is 0 Å². The maximum Gasteiger partial charge on any atom is 0.422 e. The first-order valence-electron chi connectivity index (χ1n) is 8.79. The average Bonchev–Trinajstić information content (AvgIpc) is 2.72. The lowest BCUT2D eigenvalue weighted by Crippen LogP contribution is -2.27. The summed E-state index contributed by atoms with van der Waals surface area (Å²) in [6, 6.07) is 13.6. The first-order chi connectivity index (χ1) is 13.9. The summed E-state index contributed by atoms with van der Waals surface area (Å²) >= 11 is 0. The van der Waals surface area contributed by atoms with Gasteiger partial charge in [0.05, 0.1) is 11.5 Å². The number of carbonyl (C=O) groups is 2. The summed E-state index contributed by atoms with van der Waals surface area (Å²) in [7, 11) is -0.801. The van der Waals surface area contributed by atoms with E-state index >= 15 is 0 Å². The van der Waals surface area contributed by atoms with Gasteiger partial charge in [-0.15, -0.1) is 10.5 Å². The zero-order chi connectivity index (χ0) is 20.6. The number of Topliss-reactive ketones (excluding diaryl/α,β-unsaturated/α-hetero) is 1. The minimum Gasteiger partial charge on any atom is -0.452 e. The molecule has 0 aromatic heterocycles. The van der Waals surface area contributed by atoms with Gasteiger partial charge in [0.15, 0.2) is 12.4 Å². The Kier molecular flexibility index (Phi) is 5.00. The summed E-state index contributed by atoms with van der Waals surface area (Å²) in [6.07, 6.45) is 2.66. The molecule has 1 aliphatic heterocycles. The standard InChI is InChI=1S/C22H15F3O3S/c23-22(24,25)13-28-21(27)16-9-3-6-12-19(16)29-17-10-4-1-7-14(17)20(26)15-8-2-5-11-18(15)29/h1-12,14H,13H2. The highest BCUT2D eigenvalue weighted by atomic mass is 32.2. The largest absolute Gasteiger partial charge is 0.452 e. The number of allylic oxidation sites excluding steroid dienone is 4. The number of fused-ring (bicyclic) bond motifs is 2. The number of hydrogen-bond acceptors (Lipinski definition) is 3. The second-order valence-corrected chi connectivity index (χ2v) is 8.44. The molecule has 1 heterocycles. The Morgan fingerprint density at radius 1 is 1.00 bits per heavy atom. The lowest BCUT2D eigenvalue weighted by Gasteiger charge is -2.29. The second-order valence-electron chi connectivity index (χ2n) is 6.48. The van der Waals surface area contributed by atoms with Gasteiger partial charge in [-0.1, -0.05) is 54.6 Å². The molecule has 4 rings (SSSR count). The highest BCUT2D eigenvalue weighted by molar-refractivity contribution is 8.16. The van der Waals surface area contributed by atoms with Gasteiger partial charge in [0, 0.05) is 15.4 Å². The number of ether oxygens (including phenoxy) is 1. The van der Waals surface area contributed by atoms with E-state index in [0.29, 0.717) is 10.5 Å². The van der Waals surface area contributed by atoms with Crippen molar-refractivity contribution >= 4 is 27.1 Å². The minimum absolute atomic E-state index is 0.0305. The molecule has 0 bridgehead atoms. The zero-order valence-electron chi connectivity index (χ0n) is 15.0. The van der Waals surface area contributed by atoms with E-state index in [0.717, 1.165) is 9.76 Å². The van der Waals surface area contributed by atoms with Gasteiger partial charge in [0.25, 0.3) is 0 Å². The van der Waals surface area contributed by atoms with Crippen LogP contribution in [-0.4, -0.2) is 29.4 Å². The Hall–Kier alpha value is -2.93. The normalized spacial score (nSPS) is 20.2. The van der Waals surface area contributed by atoms with Crippen molar-refractivity contribution in [2.75, 3.05) is 6.61 Å². The molecule has 0 saturated heterocycles. The molecule has 2 unspecified atom stereocenters. The number of alkyl halides is 3. The molecular formula is C22H15F3O3S. The van der Waals surface area contributed by atoms with Crippen LogP contribution < -0.4 is 0 Å². The van der Waals surface area contributed by atoms with E-state index in [2.05, 4.69) is 4.74 Å². The van der Waals surface area contributed by atoms with Crippen molar-refractivity contribution in [3.63, 3.8) is 0 Å². The number of carbonyl (C=O) groups excluding carboxylic acids is 2. The van der Waals surface area contributed by atoms with Crippen LogP contribution in [0.15, 0.2) is 82.6 Å². The highest BCUT2D eigenvalue weighted by Gasteiger charge is 2.34. The Balaban J connectivity index is 1.88. The number of ketones is 1. The van der Waals surface area contributed by atoms with Gasteiger partial charge in [-0.3, -0.25) is 4.79 Å². The molecule has 1 aliphatic carbocycles. The van der Waals surface area contributed by atoms with Crippen LogP contribution in [-0.2, 0) is 4.74 Å². The monoisotopic (exact) mass is 416 g/mol. The summed E-state index contributed by atoms with van der Waals surface area (Å²) in [4.78, 5) is 27.5. The topological polar surface area (TPSA) is 43.4 Å². The molecule has 0 radical (unpaired) electrons. The van der Waals surface area contributed by atoms with E-state index in [1.54, 1.807) is 48.6 Å². The van der Waals surface area contributed by atoms with E-state index in [9.17, 15) is 22.8 Å². The van der Waals surface area contributed by atoms with Crippen molar-refractivity contribution in [2.24, 2.45) is 5.92 Å². The molecule has 2 atom stereocenters. The summed E-state index contributed by atoms with van der Waals surface area (Å²) in [5.41, 5.74) is 0.626. The van der Waals surface area contributed by atoms with Gasteiger partial charge in [0.2, 0.25) is 0 Å². The van der Waals surface area contributed by atoms with E-state index in [4.69, 9.17) is 0 Å². The highest BCUT2D eigenvalue weighted by Crippen LogP contribution is 2.47. The number of rotatable bonds is 3. The quantitative estimate of drug-likeness (QED) is 0.510. The molecule has 3 nitrogen and oxygen atoms in total. The van der Waals surface area contributed by atoms with E-state index in [-0.39, 0.29) is 11.3 Å². The summed E-state index contributed by atoms with van der Waals surface area (Å²) in [5.74, 6) is -1.53. The maximum atomic E-state index is 12.9. The van der Waals surface area contributed by atoms with Gasteiger partial charge in [-0.05, 0) is 23.1 Å². The maximum absolute atomic E-state index is 12.9. The van der Waals surface area contributed by atoms with Crippen LogP contribution in [0.4, 0.5) is 13.2 Å². The number of hydrogen-bond donors (Lipinski definition) is 0. The molecular weight excluding hydrogens is 401 g/mol. The number of benzene rings is 2. The molecule has 2 aromatic rings. The predicted octanol–water partition coefficient (Wildman–Crippen LogP) is 5.20. The third kappa shape index (κ3) is 3.70. The average molecular weight is 416 g/mol. The third-order valence-electron chi connectivity index (χ3n) is 4.57. The molecule has 29 heavy (non-hydrogen) atoms. The van der Waals surface area contributed by atoms with E-state index in [1.165, 1.54) is 6.07 Å². The lowest BCUT2D eigenvalue weighted by molar-refractivity contribution is -0.161. The molecule has 7 heteroatoms. The Morgan fingerprint density at radius 3 is 2.45 bits per heavy atom. The van der Waals surface area contributed by atoms with Crippen molar-refractivity contribution in [2.45, 2.75) is 16.0 Å². The van der Waals surface area contributed by atoms with Crippen molar-refractivity contribution < 1.29 is 27.5 Å². The van der Waals surface area contributed by atoms with Gasteiger partial charge >= 0.3 is 12.1 Å². The molecule has 2 aromatic carbocycles. The van der Waals surface area contributed by atoms with Gasteiger partial charge < -0.3 is 4.74 Å². The second kappa shape index (κ2) is 7.48. The number of halogens is 3. The smallest absolute Gasteiger partial charge is 0.422 e. The van der Waals surface area contributed by atoms with Crippen LogP contribution in [0.1, 0.15) is 20.7 Å². The molecule has 0 spiro atoms. The first-order valence-corrected chi connectivity index (χ1v) is 10.0. The molecule has 2 aliphatic rings. The third-order valence-corrected chi connectivity index (χ3v) is 7.02. The van der Waals surface area contributed by atoms with Crippen molar-refractivity contribution in [1.82, 2.24) is 0 Å². The fourth-order valence-corrected chi connectivity index (χ4v) is 5.95. The van der Waals surface area contributed by atoms with Gasteiger partial charge in [0.1, 0.15) is 0 Å². The first kappa shape index (κ1) is 19.4. The van der Waals surface area contributed by atoms with Crippen molar-refractivity contribution in [1.29, 1.82) is 0 Å². The summed E-state index contributed by atoms with van der Waals surface area (Å²) in [5, 5.41) is 0. The SMILES string of the molecule is O=C(OCC(F)(F)F)c1ccccc1S1=C2C=CC=CC2C(=O)c2ccccc21. The van der Waals surface area contributed by atoms with Crippen LogP contribution in [0, 0.1) is 5.92 Å². The molecule has 0 N–H and O–H groups in total. The van der Waals surface area contributed by atoms with Crippen molar-refractivity contribution in [3.05, 3.63) is 84.0 Å². The summed E-state index contributed by atoms with van der Waals surface area (Å²) in [6.45, 7) is -1.65. The molecule has 148 valence electrons. The van der Waals surface area contributed by atoms with Crippen LogP contribution >= 0.6 is 10.5 Å². The number of esters is 1. The molecule has 0 fully saturated rings. The van der Waals surface area contributed by atoms with Crippen LogP contribution in [0.5, 0.6) is 0 Å². The zero-order valence-corrected chi connectivity index (χ0v) is 15.8. The van der Waals surface area contributed by atoms with Crippen LogP contribution in [0.3, 0.4) is 0 Å². The summed E-state index contributed by atoms with van der Waals surface area (Å²) < 4.78 is 42.0. The Bertz CT molecular complexity index is 1100. The van der Waals surface area contributed by atoms with Gasteiger partial charge in [-0.25, -0.2) is 4.79 Å². The van der Waals surface area contributed by atoms with E-state index in [1.807, 2.05) is 18.2 Å². The predicted molar refractivity (Wildman–Crippen MR) is 104 cm³/mol. The van der Waals surface area contributed by atoms with Crippen LogP contribution in [0.25, 0.3) is 0 Å². The van der Waals surface area contributed by atoms with Gasteiger partial charge in [-0.2, -0.15) is 13.2 Å². The Morgan fingerprint density at radius 2 is 1.69 bits per heavy atom. The van der Waals surface area contributed by atoms with Crippen LogP contribution in [0.2, 0.25) is 0 Å². The fraction of sp³-hybridized carbons (Fsp3) is 0.136. The lowest BCUT2D eigenvalue weighted by atomic mass is 9.91.